The topological polar surface area (TPSA) is 61.4 Å². The highest BCUT2D eigenvalue weighted by atomic mass is 16.3. The van der Waals surface area contributed by atoms with Crippen LogP contribution in [-0.2, 0) is 0 Å². The van der Waals surface area contributed by atoms with Gasteiger partial charge in [-0.15, -0.1) is 0 Å². The van der Waals surface area contributed by atoms with Gasteiger partial charge < -0.3 is 15.7 Å². The fraction of sp³-hybridized carbons (Fsp3) is 0.875. The molecule has 0 aromatic heterocycles. The minimum atomic E-state index is -0.214. The van der Waals surface area contributed by atoms with Crippen molar-refractivity contribution in [1.82, 2.24) is 10.6 Å². The van der Waals surface area contributed by atoms with Gasteiger partial charge in [-0.2, -0.15) is 0 Å². The summed E-state index contributed by atoms with van der Waals surface area (Å²) in [5, 5.41) is 14.4. The predicted molar refractivity (Wildman–Crippen MR) is 45.8 cm³/mol. The fourth-order valence-electron chi connectivity index (χ4n) is 1.19. The molecule has 0 bridgehead atoms. The van der Waals surface area contributed by atoms with E-state index in [1.807, 2.05) is 13.8 Å². The number of urea groups is 1. The van der Waals surface area contributed by atoms with Crippen LogP contribution in [0.4, 0.5) is 4.79 Å². The molecule has 1 fully saturated rings. The molecule has 0 aromatic rings. The zero-order valence-corrected chi connectivity index (χ0v) is 7.50. The summed E-state index contributed by atoms with van der Waals surface area (Å²) < 4.78 is 0. The summed E-state index contributed by atoms with van der Waals surface area (Å²) in [5.41, 5.74) is 0. The highest BCUT2D eigenvalue weighted by Gasteiger charge is 2.28. The average Bonchev–Trinajstić information content (AvgIpc) is 1.82. The van der Waals surface area contributed by atoms with Crippen molar-refractivity contribution in [3.8, 4) is 0 Å². The normalized spacial score (nSPS) is 28.0. The van der Waals surface area contributed by atoms with Gasteiger partial charge in [0.1, 0.15) is 0 Å². The molecule has 4 heteroatoms. The number of rotatable bonds is 2. The van der Waals surface area contributed by atoms with E-state index in [1.54, 1.807) is 0 Å². The van der Waals surface area contributed by atoms with E-state index in [9.17, 15) is 4.79 Å². The maximum Gasteiger partial charge on any atom is 0.315 e. The summed E-state index contributed by atoms with van der Waals surface area (Å²) in [6, 6.07) is 0.190. The Labute approximate surface area is 72.3 Å². The molecule has 12 heavy (non-hydrogen) atoms. The van der Waals surface area contributed by atoms with Crippen LogP contribution in [0.2, 0.25) is 0 Å². The highest BCUT2D eigenvalue weighted by Crippen LogP contribution is 2.18. The number of aliphatic hydroxyl groups excluding tert-OH is 1. The van der Waals surface area contributed by atoms with Crippen LogP contribution in [0.5, 0.6) is 0 Å². The lowest BCUT2D eigenvalue weighted by Crippen LogP contribution is -2.51. The quantitative estimate of drug-likeness (QED) is 0.558. The molecule has 0 radical (unpaired) electrons. The van der Waals surface area contributed by atoms with Crippen molar-refractivity contribution in [1.29, 1.82) is 0 Å². The first-order chi connectivity index (χ1) is 5.58. The van der Waals surface area contributed by atoms with Crippen molar-refractivity contribution in [2.24, 2.45) is 0 Å². The summed E-state index contributed by atoms with van der Waals surface area (Å²) in [7, 11) is 0. The Bertz CT molecular complexity index is 164. The van der Waals surface area contributed by atoms with Crippen LogP contribution in [0.3, 0.4) is 0 Å². The van der Waals surface area contributed by atoms with Gasteiger partial charge in [0.15, 0.2) is 0 Å². The Morgan fingerprint density at radius 1 is 1.50 bits per heavy atom. The van der Waals surface area contributed by atoms with E-state index in [0.29, 0.717) is 12.8 Å². The van der Waals surface area contributed by atoms with Crippen molar-refractivity contribution in [3.05, 3.63) is 0 Å². The molecule has 70 valence electrons. The molecule has 0 atom stereocenters. The van der Waals surface area contributed by atoms with E-state index in [0.717, 1.165) is 0 Å². The predicted octanol–water partition coefficient (Wildman–Crippen LogP) is 0.217. The number of nitrogens with one attached hydrogen (secondary N) is 2. The lowest BCUT2D eigenvalue weighted by atomic mass is 9.90. The third kappa shape index (κ3) is 2.70. The average molecular weight is 172 g/mol. The van der Waals surface area contributed by atoms with Gasteiger partial charge in [-0.3, -0.25) is 0 Å². The van der Waals surface area contributed by atoms with Crippen molar-refractivity contribution in [3.63, 3.8) is 0 Å². The zero-order valence-electron chi connectivity index (χ0n) is 7.50. The maximum absolute atomic E-state index is 11.1. The molecule has 0 unspecified atom stereocenters. The summed E-state index contributed by atoms with van der Waals surface area (Å²) in [6.07, 6.45) is 1.16. The van der Waals surface area contributed by atoms with E-state index in [1.165, 1.54) is 0 Å². The smallest absolute Gasteiger partial charge is 0.315 e. The molecule has 0 aliphatic heterocycles. The van der Waals surface area contributed by atoms with Gasteiger partial charge in [0.05, 0.1) is 6.10 Å². The number of carbonyl (C=O) groups excluding carboxylic acids is 1. The second-order valence-corrected chi connectivity index (χ2v) is 3.59. The summed E-state index contributed by atoms with van der Waals surface area (Å²) in [6.45, 7) is 3.82. The zero-order chi connectivity index (χ0) is 9.14. The van der Waals surface area contributed by atoms with Gasteiger partial charge in [-0.25, -0.2) is 4.79 Å². The van der Waals surface area contributed by atoms with Gasteiger partial charge in [-0.05, 0) is 26.7 Å². The van der Waals surface area contributed by atoms with Crippen LogP contribution >= 0.6 is 0 Å². The summed E-state index contributed by atoms with van der Waals surface area (Å²) in [5.74, 6) is 0. The van der Waals surface area contributed by atoms with Crippen LogP contribution in [0.15, 0.2) is 0 Å². The van der Waals surface area contributed by atoms with Crippen molar-refractivity contribution in [2.75, 3.05) is 0 Å². The lowest BCUT2D eigenvalue weighted by molar-refractivity contribution is 0.0662. The molecule has 0 saturated heterocycles. The first kappa shape index (κ1) is 9.32. The van der Waals surface area contributed by atoms with Crippen LogP contribution in [0.25, 0.3) is 0 Å². The molecular weight excluding hydrogens is 156 g/mol. The van der Waals surface area contributed by atoms with Gasteiger partial charge >= 0.3 is 6.03 Å². The minimum Gasteiger partial charge on any atom is -0.393 e. The SMILES string of the molecule is CC(C)NC(=O)NC1CC(O)C1. The van der Waals surface area contributed by atoms with Gasteiger partial charge in [0.25, 0.3) is 0 Å². The van der Waals surface area contributed by atoms with Gasteiger partial charge in [0.2, 0.25) is 0 Å². The molecule has 1 aliphatic carbocycles. The molecule has 4 nitrogen and oxygen atoms in total. The summed E-state index contributed by atoms with van der Waals surface area (Å²) >= 11 is 0. The molecule has 0 aromatic carbocycles. The van der Waals surface area contributed by atoms with E-state index < -0.39 is 0 Å². The molecule has 3 N–H and O–H groups in total. The van der Waals surface area contributed by atoms with E-state index in [-0.39, 0.29) is 24.2 Å². The molecule has 0 spiro atoms. The lowest BCUT2D eigenvalue weighted by Gasteiger charge is -2.32. The molecule has 1 saturated carbocycles. The first-order valence-corrected chi connectivity index (χ1v) is 4.33. The first-order valence-electron chi connectivity index (χ1n) is 4.33. The van der Waals surface area contributed by atoms with E-state index in [4.69, 9.17) is 5.11 Å². The molecular formula is C8H16N2O2. The number of carbonyl (C=O) groups is 1. The third-order valence-corrected chi connectivity index (χ3v) is 1.87. The number of hydrogen-bond donors (Lipinski definition) is 3. The Hall–Kier alpha value is -0.770. The Morgan fingerprint density at radius 3 is 2.50 bits per heavy atom. The van der Waals surface area contributed by atoms with Crippen LogP contribution in [0, 0.1) is 0 Å². The largest absolute Gasteiger partial charge is 0.393 e. The van der Waals surface area contributed by atoms with Crippen LogP contribution in [0.1, 0.15) is 26.7 Å². The standard InChI is InChI=1S/C8H16N2O2/c1-5(2)9-8(12)10-6-3-7(11)4-6/h5-7,11H,3-4H2,1-2H3,(H2,9,10,12). The molecule has 1 rings (SSSR count). The molecule has 0 heterocycles. The second kappa shape index (κ2) is 3.76. The number of amides is 2. The van der Waals surface area contributed by atoms with Crippen molar-refractivity contribution < 1.29 is 9.90 Å². The Kier molecular flexibility index (Phi) is 2.92. The Morgan fingerprint density at radius 2 is 2.08 bits per heavy atom. The van der Waals surface area contributed by atoms with Gasteiger partial charge in [0, 0.05) is 12.1 Å². The van der Waals surface area contributed by atoms with Crippen LogP contribution in [-0.4, -0.2) is 29.3 Å². The fourth-order valence-corrected chi connectivity index (χ4v) is 1.19. The van der Waals surface area contributed by atoms with Crippen molar-refractivity contribution >= 4 is 6.03 Å². The van der Waals surface area contributed by atoms with E-state index >= 15 is 0 Å². The van der Waals surface area contributed by atoms with Gasteiger partial charge in [-0.1, -0.05) is 0 Å². The van der Waals surface area contributed by atoms with Crippen LogP contribution < -0.4 is 10.6 Å². The second-order valence-electron chi connectivity index (χ2n) is 3.59. The molecule has 2 amide bonds. The van der Waals surface area contributed by atoms with Crippen molar-refractivity contribution in [2.45, 2.75) is 44.9 Å². The number of hydrogen-bond acceptors (Lipinski definition) is 2. The third-order valence-electron chi connectivity index (χ3n) is 1.87. The summed E-state index contributed by atoms with van der Waals surface area (Å²) in [4.78, 5) is 11.1. The molecule has 1 aliphatic rings. The Balaban J connectivity index is 2.11. The number of aliphatic hydroxyl groups is 1. The minimum absolute atomic E-state index is 0.137. The monoisotopic (exact) mass is 172 g/mol. The van der Waals surface area contributed by atoms with E-state index in [2.05, 4.69) is 10.6 Å². The maximum atomic E-state index is 11.1. The highest BCUT2D eigenvalue weighted by molar-refractivity contribution is 5.74.